The van der Waals surface area contributed by atoms with E-state index in [0.29, 0.717) is 11.6 Å². The molecule has 0 radical (unpaired) electrons. The van der Waals surface area contributed by atoms with E-state index in [-0.39, 0.29) is 16.4 Å². The maximum absolute atomic E-state index is 12.0. The molecule has 20 heavy (non-hydrogen) atoms. The fraction of sp³-hybridized carbons (Fsp3) is 0.417. The summed E-state index contributed by atoms with van der Waals surface area (Å²) in [4.78, 5) is 4.23. The van der Waals surface area contributed by atoms with E-state index < -0.39 is 25.4 Å². The van der Waals surface area contributed by atoms with E-state index in [9.17, 15) is 16.8 Å². The Kier molecular flexibility index (Phi) is 4.87. The molecule has 0 aromatic heterocycles. The van der Waals surface area contributed by atoms with E-state index >= 15 is 0 Å². The molecular formula is C12H15NO4S3. The standard InChI is InChI=1S/C12H15NO4S3/c14-19(15,10-12-13-6-7-18-12)8-9-20(16,17)11-4-2-1-3-5-11/h1-5H,6-10H2. The molecule has 0 atom stereocenters. The Bertz CT molecular complexity index is 693. The van der Waals surface area contributed by atoms with Crippen molar-refractivity contribution in [3.05, 3.63) is 30.3 Å². The Balaban J connectivity index is 2.01. The lowest BCUT2D eigenvalue weighted by Crippen LogP contribution is -2.22. The zero-order valence-electron chi connectivity index (χ0n) is 10.7. The number of hydrogen-bond donors (Lipinski definition) is 0. The molecular weight excluding hydrogens is 318 g/mol. The third-order valence-corrected chi connectivity index (χ3v) is 7.46. The smallest absolute Gasteiger partial charge is 0.179 e. The van der Waals surface area contributed by atoms with Crippen molar-refractivity contribution in [2.45, 2.75) is 4.90 Å². The lowest BCUT2D eigenvalue weighted by Gasteiger charge is -2.06. The summed E-state index contributed by atoms with van der Waals surface area (Å²) in [6.45, 7) is 0.637. The Morgan fingerprint density at radius 1 is 1.05 bits per heavy atom. The number of rotatable bonds is 6. The van der Waals surface area contributed by atoms with Crippen molar-refractivity contribution in [1.82, 2.24) is 0 Å². The number of aliphatic imine (C=N–C) groups is 1. The highest BCUT2D eigenvalue weighted by Crippen LogP contribution is 2.15. The average Bonchev–Trinajstić information content (AvgIpc) is 2.90. The van der Waals surface area contributed by atoms with Crippen molar-refractivity contribution in [3.63, 3.8) is 0 Å². The van der Waals surface area contributed by atoms with Crippen LogP contribution in [0.2, 0.25) is 0 Å². The summed E-state index contributed by atoms with van der Waals surface area (Å²) in [7, 11) is -6.99. The van der Waals surface area contributed by atoms with Gasteiger partial charge in [0.15, 0.2) is 19.7 Å². The molecule has 110 valence electrons. The lowest BCUT2D eigenvalue weighted by atomic mass is 10.4. The van der Waals surface area contributed by atoms with Gasteiger partial charge in [-0.2, -0.15) is 0 Å². The topological polar surface area (TPSA) is 80.6 Å². The number of nitrogens with zero attached hydrogens (tertiary/aromatic N) is 1. The highest BCUT2D eigenvalue weighted by Gasteiger charge is 2.22. The van der Waals surface area contributed by atoms with Gasteiger partial charge in [-0.3, -0.25) is 4.99 Å². The van der Waals surface area contributed by atoms with Gasteiger partial charge in [-0.15, -0.1) is 11.8 Å². The SMILES string of the molecule is O=S(=O)(CCS(=O)(=O)c1ccccc1)CC1=NCCS1. The van der Waals surface area contributed by atoms with Gasteiger partial charge in [-0.1, -0.05) is 18.2 Å². The minimum absolute atomic E-state index is 0.151. The van der Waals surface area contributed by atoms with Gasteiger partial charge in [0, 0.05) is 12.3 Å². The first-order chi connectivity index (χ1) is 9.39. The van der Waals surface area contributed by atoms with Crippen LogP contribution in [0.1, 0.15) is 0 Å². The summed E-state index contributed by atoms with van der Waals surface area (Å²) in [6.07, 6.45) is 0. The molecule has 0 saturated heterocycles. The second kappa shape index (κ2) is 6.28. The quantitative estimate of drug-likeness (QED) is 0.776. The summed E-state index contributed by atoms with van der Waals surface area (Å²) < 4.78 is 47.8. The minimum Gasteiger partial charge on any atom is -0.281 e. The molecule has 1 heterocycles. The van der Waals surface area contributed by atoms with E-state index in [1.165, 1.54) is 23.9 Å². The van der Waals surface area contributed by atoms with Gasteiger partial charge >= 0.3 is 0 Å². The molecule has 1 aliphatic rings. The van der Waals surface area contributed by atoms with Gasteiger partial charge in [0.2, 0.25) is 0 Å². The van der Waals surface area contributed by atoms with Crippen LogP contribution in [-0.2, 0) is 19.7 Å². The molecule has 1 aromatic carbocycles. The fourth-order valence-electron chi connectivity index (χ4n) is 1.71. The molecule has 0 fully saturated rings. The summed E-state index contributed by atoms with van der Waals surface area (Å²) in [5.74, 6) is -0.115. The van der Waals surface area contributed by atoms with Crippen molar-refractivity contribution in [2.24, 2.45) is 4.99 Å². The van der Waals surface area contributed by atoms with Crippen LogP contribution in [0.15, 0.2) is 40.2 Å². The van der Waals surface area contributed by atoms with Crippen LogP contribution in [0.5, 0.6) is 0 Å². The first-order valence-corrected chi connectivity index (χ1v) is 10.5. The van der Waals surface area contributed by atoms with E-state index in [0.717, 1.165) is 5.75 Å². The van der Waals surface area contributed by atoms with Crippen molar-refractivity contribution < 1.29 is 16.8 Å². The second-order valence-corrected chi connectivity index (χ2v) is 9.81. The maximum Gasteiger partial charge on any atom is 0.179 e. The number of hydrogen-bond acceptors (Lipinski definition) is 6. The lowest BCUT2D eigenvalue weighted by molar-refractivity contribution is 0.589. The van der Waals surface area contributed by atoms with Crippen molar-refractivity contribution >= 4 is 36.5 Å². The summed E-state index contributed by atoms with van der Waals surface area (Å²) >= 11 is 1.42. The van der Waals surface area contributed by atoms with Crippen LogP contribution in [0.4, 0.5) is 0 Å². The predicted octanol–water partition coefficient (Wildman–Crippen LogP) is 1.02. The molecule has 0 spiro atoms. The van der Waals surface area contributed by atoms with Gasteiger partial charge < -0.3 is 0 Å². The van der Waals surface area contributed by atoms with Gasteiger partial charge in [-0.25, -0.2) is 16.8 Å². The first-order valence-electron chi connectivity index (χ1n) is 6.03. The molecule has 0 N–H and O–H groups in total. The zero-order valence-corrected chi connectivity index (χ0v) is 13.2. The summed E-state index contributed by atoms with van der Waals surface area (Å²) in [6, 6.07) is 7.89. The highest BCUT2D eigenvalue weighted by atomic mass is 32.2. The molecule has 0 saturated carbocycles. The molecule has 0 bridgehead atoms. The zero-order chi connectivity index (χ0) is 14.6. The van der Waals surface area contributed by atoms with Crippen molar-refractivity contribution in [2.75, 3.05) is 29.6 Å². The Morgan fingerprint density at radius 3 is 2.35 bits per heavy atom. The fourth-order valence-corrected chi connectivity index (χ4v) is 6.49. The van der Waals surface area contributed by atoms with Crippen molar-refractivity contribution in [1.29, 1.82) is 0 Å². The summed E-state index contributed by atoms with van der Waals surface area (Å²) in [5.41, 5.74) is 0. The van der Waals surface area contributed by atoms with E-state index in [2.05, 4.69) is 4.99 Å². The van der Waals surface area contributed by atoms with Crippen LogP contribution >= 0.6 is 11.8 Å². The van der Waals surface area contributed by atoms with Crippen LogP contribution in [-0.4, -0.2) is 51.4 Å². The normalized spacial score (nSPS) is 16.1. The Hall–Kier alpha value is -0.860. The average molecular weight is 333 g/mol. The van der Waals surface area contributed by atoms with Crippen LogP contribution in [0, 0.1) is 0 Å². The molecule has 0 unspecified atom stereocenters. The van der Waals surface area contributed by atoms with Gasteiger partial charge in [0.25, 0.3) is 0 Å². The first kappa shape index (κ1) is 15.5. The number of thioether (sulfide) groups is 1. The minimum atomic E-state index is -3.55. The maximum atomic E-state index is 12.0. The second-order valence-electron chi connectivity index (χ2n) is 4.35. The van der Waals surface area contributed by atoms with Crippen LogP contribution in [0.3, 0.4) is 0 Å². The molecule has 1 aromatic rings. The van der Waals surface area contributed by atoms with Crippen LogP contribution in [0.25, 0.3) is 0 Å². The van der Waals surface area contributed by atoms with Crippen LogP contribution < -0.4 is 0 Å². The van der Waals surface area contributed by atoms with Gasteiger partial charge in [0.05, 0.1) is 27.2 Å². The molecule has 2 rings (SSSR count). The largest absolute Gasteiger partial charge is 0.281 e. The molecule has 8 heteroatoms. The molecule has 5 nitrogen and oxygen atoms in total. The Labute approximate surface area is 123 Å². The number of sulfone groups is 2. The highest BCUT2D eigenvalue weighted by molar-refractivity contribution is 8.15. The third-order valence-electron chi connectivity index (χ3n) is 2.76. The monoisotopic (exact) mass is 333 g/mol. The van der Waals surface area contributed by atoms with Crippen molar-refractivity contribution in [3.8, 4) is 0 Å². The van der Waals surface area contributed by atoms with E-state index in [1.807, 2.05) is 0 Å². The Morgan fingerprint density at radius 2 is 1.75 bits per heavy atom. The van der Waals surface area contributed by atoms with Gasteiger partial charge in [0.1, 0.15) is 0 Å². The van der Waals surface area contributed by atoms with E-state index in [1.54, 1.807) is 18.2 Å². The predicted molar refractivity (Wildman–Crippen MR) is 81.9 cm³/mol. The molecule has 1 aliphatic heterocycles. The third kappa shape index (κ3) is 4.32. The van der Waals surface area contributed by atoms with Gasteiger partial charge in [-0.05, 0) is 12.1 Å². The van der Waals surface area contributed by atoms with E-state index in [4.69, 9.17) is 0 Å². The molecule has 0 amide bonds. The summed E-state index contributed by atoms with van der Waals surface area (Å²) in [5, 5.41) is 0.585. The molecule has 0 aliphatic carbocycles. The number of benzene rings is 1.